The largest absolute Gasteiger partial charge is 0.465 e. The maximum atomic E-state index is 12.2. The molecule has 0 amide bonds. The molecule has 0 unspecified atom stereocenters. The summed E-state index contributed by atoms with van der Waals surface area (Å²) in [4.78, 5) is 23.2. The Morgan fingerprint density at radius 3 is 2.73 bits per heavy atom. The summed E-state index contributed by atoms with van der Waals surface area (Å²) in [5.41, 5.74) is 1.20. The lowest BCUT2D eigenvalue weighted by molar-refractivity contribution is -0.144. The highest BCUT2D eigenvalue weighted by Gasteiger charge is 2.23. The van der Waals surface area contributed by atoms with Crippen molar-refractivity contribution >= 4 is 39.3 Å². The molecule has 0 bridgehead atoms. The molecule has 22 heavy (non-hydrogen) atoms. The van der Waals surface area contributed by atoms with Crippen LogP contribution in [0.2, 0.25) is 0 Å². The summed E-state index contributed by atoms with van der Waals surface area (Å²) in [6, 6.07) is 0. The van der Waals surface area contributed by atoms with Crippen molar-refractivity contribution in [3.63, 3.8) is 0 Å². The molecule has 1 atom stereocenters. The lowest BCUT2D eigenvalue weighted by Crippen LogP contribution is -2.21. The minimum atomic E-state index is -0.226. The van der Waals surface area contributed by atoms with E-state index >= 15 is 0 Å². The first-order valence-electron chi connectivity index (χ1n) is 7.48. The van der Waals surface area contributed by atoms with Gasteiger partial charge in [0.15, 0.2) is 0 Å². The Hall–Kier alpha value is -1.14. The SMILES string of the molecule is CC[C@@H](Sc1ncnc2sc(C)c(C)c12)C(=O)OCC(C)C. The number of thiophene rings is 1. The van der Waals surface area contributed by atoms with E-state index in [-0.39, 0.29) is 11.2 Å². The van der Waals surface area contributed by atoms with Crippen molar-refractivity contribution in [2.24, 2.45) is 5.92 Å². The van der Waals surface area contributed by atoms with Crippen LogP contribution in [0.15, 0.2) is 11.4 Å². The molecule has 0 saturated carbocycles. The van der Waals surface area contributed by atoms with Crippen LogP contribution >= 0.6 is 23.1 Å². The number of fused-ring (bicyclic) bond motifs is 1. The minimum Gasteiger partial charge on any atom is -0.465 e. The number of hydrogen-bond donors (Lipinski definition) is 0. The Balaban J connectivity index is 2.23. The average molecular weight is 338 g/mol. The molecule has 6 heteroatoms. The van der Waals surface area contributed by atoms with Crippen LogP contribution in [0.1, 0.15) is 37.6 Å². The van der Waals surface area contributed by atoms with E-state index in [4.69, 9.17) is 4.74 Å². The summed E-state index contributed by atoms with van der Waals surface area (Å²) < 4.78 is 5.38. The van der Waals surface area contributed by atoms with Crippen molar-refractivity contribution < 1.29 is 9.53 Å². The first kappa shape index (κ1) is 17.2. The summed E-state index contributed by atoms with van der Waals surface area (Å²) in [6.07, 6.45) is 2.29. The van der Waals surface area contributed by atoms with Gasteiger partial charge >= 0.3 is 5.97 Å². The lowest BCUT2D eigenvalue weighted by Gasteiger charge is -2.15. The normalized spacial score (nSPS) is 12.8. The maximum absolute atomic E-state index is 12.2. The first-order valence-corrected chi connectivity index (χ1v) is 9.17. The summed E-state index contributed by atoms with van der Waals surface area (Å²) in [6.45, 7) is 10.7. The van der Waals surface area contributed by atoms with Gasteiger partial charge in [0.2, 0.25) is 0 Å². The molecule has 0 fully saturated rings. The van der Waals surface area contributed by atoms with E-state index in [1.165, 1.54) is 22.2 Å². The van der Waals surface area contributed by atoms with E-state index in [0.29, 0.717) is 12.5 Å². The second kappa shape index (κ2) is 7.42. The van der Waals surface area contributed by atoms with Crippen LogP contribution < -0.4 is 0 Å². The Morgan fingerprint density at radius 2 is 2.09 bits per heavy atom. The molecule has 4 nitrogen and oxygen atoms in total. The van der Waals surface area contributed by atoms with Crippen LogP contribution in [0.3, 0.4) is 0 Å². The topological polar surface area (TPSA) is 52.1 Å². The number of esters is 1. The van der Waals surface area contributed by atoms with Crippen LogP contribution in [0.4, 0.5) is 0 Å². The van der Waals surface area contributed by atoms with Gasteiger partial charge < -0.3 is 4.74 Å². The van der Waals surface area contributed by atoms with Crippen molar-refractivity contribution in [1.29, 1.82) is 0 Å². The number of ether oxygens (including phenoxy) is 1. The van der Waals surface area contributed by atoms with Crippen molar-refractivity contribution in [3.05, 3.63) is 16.8 Å². The molecule has 0 aromatic carbocycles. The van der Waals surface area contributed by atoms with Crippen LogP contribution in [-0.4, -0.2) is 27.8 Å². The number of carbonyl (C=O) groups excluding carboxylic acids is 1. The molecule has 0 aliphatic carbocycles. The van der Waals surface area contributed by atoms with Gasteiger partial charge in [-0.3, -0.25) is 4.79 Å². The number of nitrogens with zero attached hydrogens (tertiary/aromatic N) is 2. The third-order valence-electron chi connectivity index (χ3n) is 3.38. The van der Waals surface area contributed by atoms with Gasteiger partial charge in [0.05, 0.1) is 6.61 Å². The third kappa shape index (κ3) is 3.79. The van der Waals surface area contributed by atoms with Crippen LogP contribution in [0.5, 0.6) is 0 Å². The predicted octanol–water partition coefficient (Wildman–Crippen LogP) is 4.38. The van der Waals surface area contributed by atoms with Gasteiger partial charge in [0.25, 0.3) is 0 Å². The molecule has 2 rings (SSSR count). The molecule has 2 aromatic rings. The van der Waals surface area contributed by atoms with Crippen molar-refractivity contribution in [2.45, 2.75) is 51.3 Å². The van der Waals surface area contributed by atoms with E-state index in [0.717, 1.165) is 21.7 Å². The highest BCUT2D eigenvalue weighted by Crippen LogP contribution is 2.36. The van der Waals surface area contributed by atoms with Gasteiger partial charge in [-0.1, -0.05) is 32.5 Å². The quantitative estimate of drug-likeness (QED) is 0.444. The van der Waals surface area contributed by atoms with Crippen molar-refractivity contribution in [2.75, 3.05) is 6.61 Å². The van der Waals surface area contributed by atoms with Gasteiger partial charge in [-0.15, -0.1) is 11.3 Å². The second-order valence-electron chi connectivity index (χ2n) is 5.68. The molecule has 0 N–H and O–H groups in total. The Kier molecular flexibility index (Phi) is 5.81. The molecule has 0 radical (unpaired) electrons. The number of hydrogen-bond acceptors (Lipinski definition) is 6. The van der Waals surface area contributed by atoms with Gasteiger partial charge in [-0.25, -0.2) is 9.97 Å². The third-order valence-corrected chi connectivity index (χ3v) is 5.84. The number of rotatable bonds is 6. The van der Waals surface area contributed by atoms with E-state index in [9.17, 15) is 4.79 Å². The minimum absolute atomic E-state index is 0.155. The molecule has 0 saturated heterocycles. The summed E-state index contributed by atoms with van der Waals surface area (Å²) >= 11 is 3.16. The number of aromatic nitrogens is 2. The monoisotopic (exact) mass is 338 g/mol. The molecule has 0 spiro atoms. The predicted molar refractivity (Wildman–Crippen MR) is 92.6 cm³/mol. The summed E-state index contributed by atoms with van der Waals surface area (Å²) in [7, 11) is 0. The Labute approximate surface area is 139 Å². The number of aryl methyl sites for hydroxylation is 2. The molecule has 120 valence electrons. The summed E-state index contributed by atoms with van der Waals surface area (Å²) in [5, 5.41) is 1.72. The zero-order valence-corrected chi connectivity index (χ0v) is 15.3. The van der Waals surface area contributed by atoms with Gasteiger partial charge in [0, 0.05) is 10.3 Å². The van der Waals surface area contributed by atoms with Gasteiger partial charge in [-0.2, -0.15) is 0 Å². The van der Waals surface area contributed by atoms with Gasteiger partial charge in [0.1, 0.15) is 21.4 Å². The van der Waals surface area contributed by atoms with Crippen molar-refractivity contribution in [3.8, 4) is 0 Å². The average Bonchev–Trinajstić information content (AvgIpc) is 2.78. The fraction of sp³-hybridized carbons (Fsp3) is 0.562. The van der Waals surface area contributed by atoms with E-state index in [1.807, 2.05) is 20.8 Å². The highest BCUT2D eigenvalue weighted by atomic mass is 32.2. The van der Waals surface area contributed by atoms with E-state index < -0.39 is 0 Å². The second-order valence-corrected chi connectivity index (χ2v) is 8.08. The van der Waals surface area contributed by atoms with E-state index in [1.54, 1.807) is 17.7 Å². The van der Waals surface area contributed by atoms with Crippen LogP contribution in [0, 0.1) is 19.8 Å². The molecule has 2 heterocycles. The lowest BCUT2D eigenvalue weighted by atomic mass is 10.2. The van der Waals surface area contributed by atoms with Crippen LogP contribution in [-0.2, 0) is 9.53 Å². The van der Waals surface area contributed by atoms with Crippen molar-refractivity contribution in [1.82, 2.24) is 9.97 Å². The maximum Gasteiger partial charge on any atom is 0.319 e. The zero-order valence-electron chi connectivity index (χ0n) is 13.7. The Morgan fingerprint density at radius 1 is 1.36 bits per heavy atom. The van der Waals surface area contributed by atoms with Crippen LogP contribution in [0.25, 0.3) is 10.2 Å². The number of thioether (sulfide) groups is 1. The summed E-state index contributed by atoms with van der Waals surface area (Å²) in [5.74, 6) is 0.191. The van der Waals surface area contributed by atoms with E-state index in [2.05, 4.69) is 23.8 Å². The standard InChI is InChI=1S/C16H22N2O2S2/c1-6-12(16(19)20-7-9(2)3)22-15-13-10(4)11(5)21-14(13)17-8-18-15/h8-9,12H,6-7H2,1-5H3/t12-/m1/s1. The number of carbonyl (C=O) groups is 1. The fourth-order valence-electron chi connectivity index (χ4n) is 2.01. The molecular weight excluding hydrogens is 316 g/mol. The fourth-order valence-corrected chi connectivity index (χ4v) is 4.15. The zero-order chi connectivity index (χ0) is 16.3. The first-order chi connectivity index (χ1) is 10.4. The molecule has 2 aromatic heterocycles. The molecule has 0 aliphatic rings. The molecular formula is C16H22N2O2S2. The molecule has 0 aliphatic heterocycles. The highest BCUT2D eigenvalue weighted by molar-refractivity contribution is 8.00. The Bertz CT molecular complexity index is 667. The smallest absolute Gasteiger partial charge is 0.319 e. The van der Waals surface area contributed by atoms with Gasteiger partial charge in [-0.05, 0) is 31.7 Å².